The fraction of sp³-hybridized carbons (Fsp3) is 0.167. The molecule has 25 heavy (non-hydrogen) atoms. The molecular weight excluding hydrogens is 344 g/mol. The van der Waals surface area contributed by atoms with Gasteiger partial charge in [-0.2, -0.15) is 0 Å². The van der Waals surface area contributed by atoms with Crippen molar-refractivity contribution in [2.45, 2.75) is 19.4 Å². The van der Waals surface area contributed by atoms with Crippen molar-refractivity contribution in [3.63, 3.8) is 0 Å². The highest BCUT2D eigenvalue weighted by atomic mass is 35.5. The number of phenols is 1. The van der Waals surface area contributed by atoms with Crippen LogP contribution in [0.1, 0.15) is 24.9 Å². The summed E-state index contributed by atoms with van der Waals surface area (Å²) >= 11 is 6.00. The number of amides is 1. The van der Waals surface area contributed by atoms with Gasteiger partial charge in [-0.25, -0.2) is 0 Å². The summed E-state index contributed by atoms with van der Waals surface area (Å²) in [6, 6.07) is 6.67. The van der Waals surface area contributed by atoms with Crippen LogP contribution in [0, 0.1) is 0 Å². The van der Waals surface area contributed by atoms with Crippen LogP contribution in [0.4, 0.5) is 5.69 Å². The SMILES string of the molecule is CCC(=O)C1=C(O)C(=O)N(c2cc(Cl)ccc2O)C1c1ccncc1. The molecule has 1 amide bonds. The summed E-state index contributed by atoms with van der Waals surface area (Å²) in [4.78, 5) is 30.2. The maximum absolute atomic E-state index is 12.7. The third-order valence-electron chi connectivity index (χ3n) is 4.05. The Morgan fingerprint density at radius 3 is 2.56 bits per heavy atom. The first kappa shape index (κ1) is 17.0. The number of hydrogen-bond acceptors (Lipinski definition) is 5. The molecule has 2 aromatic rings. The molecule has 1 unspecified atom stereocenters. The van der Waals surface area contributed by atoms with E-state index >= 15 is 0 Å². The van der Waals surface area contributed by atoms with Crippen molar-refractivity contribution < 1.29 is 19.8 Å². The lowest BCUT2D eigenvalue weighted by molar-refractivity contribution is -0.118. The number of aromatic hydroxyl groups is 1. The monoisotopic (exact) mass is 358 g/mol. The second-order valence-corrected chi connectivity index (χ2v) is 5.97. The van der Waals surface area contributed by atoms with Gasteiger partial charge in [0.15, 0.2) is 11.5 Å². The number of nitrogens with zero attached hydrogens (tertiary/aromatic N) is 2. The lowest BCUT2D eigenvalue weighted by atomic mass is 9.95. The minimum atomic E-state index is -0.868. The normalized spacial score (nSPS) is 17.3. The zero-order valence-corrected chi connectivity index (χ0v) is 14.1. The van der Waals surface area contributed by atoms with Gasteiger partial charge in [0, 0.05) is 23.8 Å². The molecule has 0 radical (unpaired) electrons. The topological polar surface area (TPSA) is 90.7 Å². The summed E-state index contributed by atoms with van der Waals surface area (Å²) in [7, 11) is 0. The van der Waals surface area contributed by atoms with Gasteiger partial charge in [0.05, 0.1) is 17.3 Å². The van der Waals surface area contributed by atoms with Gasteiger partial charge in [-0.15, -0.1) is 0 Å². The van der Waals surface area contributed by atoms with Crippen molar-refractivity contribution in [3.05, 3.63) is 64.6 Å². The molecule has 1 aromatic heterocycles. The molecule has 1 aliphatic rings. The molecule has 0 saturated heterocycles. The van der Waals surface area contributed by atoms with E-state index in [0.717, 1.165) is 0 Å². The van der Waals surface area contributed by atoms with E-state index in [0.29, 0.717) is 10.6 Å². The number of halogens is 1. The molecule has 6 nitrogen and oxygen atoms in total. The van der Waals surface area contributed by atoms with Gasteiger partial charge in [-0.3, -0.25) is 19.5 Å². The van der Waals surface area contributed by atoms with Crippen LogP contribution in [0.2, 0.25) is 5.02 Å². The van der Waals surface area contributed by atoms with Crippen LogP contribution in [0.15, 0.2) is 54.1 Å². The molecule has 0 bridgehead atoms. The maximum Gasteiger partial charge on any atom is 0.294 e. The number of carbonyl (C=O) groups excluding carboxylic acids is 2. The fourth-order valence-corrected chi connectivity index (χ4v) is 3.05. The second kappa shape index (κ2) is 6.57. The van der Waals surface area contributed by atoms with E-state index in [1.54, 1.807) is 19.1 Å². The van der Waals surface area contributed by atoms with Crippen molar-refractivity contribution >= 4 is 29.0 Å². The van der Waals surface area contributed by atoms with Crippen LogP contribution in [0.25, 0.3) is 0 Å². The summed E-state index contributed by atoms with van der Waals surface area (Å²) in [5.74, 6) is -1.92. The number of aliphatic hydroxyl groups is 1. The van der Waals surface area contributed by atoms with Crippen LogP contribution in [-0.4, -0.2) is 26.9 Å². The second-order valence-electron chi connectivity index (χ2n) is 5.53. The smallest absolute Gasteiger partial charge is 0.294 e. The molecule has 1 atom stereocenters. The first-order valence-corrected chi connectivity index (χ1v) is 8.01. The molecule has 1 aliphatic heterocycles. The molecule has 0 aliphatic carbocycles. The molecule has 0 spiro atoms. The first-order chi connectivity index (χ1) is 12.0. The van der Waals surface area contributed by atoms with E-state index < -0.39 is 17.7 Å². The zero-order chi connectivity index (χ0) is 18.1. The summed E-state index contributed by atoms with van der Waals surface area (Å²) < 4.78 is 0. The molecule has 7 heteroatoms. The highest BCUT2D eigenvalue weighted by Crippen LogP contribution is 2.44. The zero-order valence-electron chi connectivity index (χ0n) is 13.3. The van der Waals surface area contributed by atoms with Crippen LogP contribution in [0.3, 0.4) is 0 Å². The Hall–Kier alpha value is -2.86. The molecular formula is C18H15ClN2O4. The van der Waals surface area contributed by atoms with Gasteiger partial charge < -0.3 is 10.2 Å². The summed E-state index contributed by atoms with van der Waals surface area (Å²) in [6.07, 6.45) is 3.18. The number of phenolic OH excluding ortho intramolecular Hbond substituents is 1. The average molecular weight is 359 g/mol. The third kappa shape index (κ3) is 2.85. The Morgan fingerprint density at radius 1 is 1.24 bits per heavy atom. The predicted molar refractivity (Wildman–Crippen MR) is 92.5 cm³/mol. The quantitative estimate of drug-likeness (QED) is 0.874. The Bertz CT molecular complexity index is 880. The molecule has 1 aromatic carbocycles. The van der Waals surface area contributed by atoms with Crippen molar-refractivity contribution in [3.8, 4) is 5.75 Å². The molecule has 2 N–H and O–H groups in total. The largest absolute Gasteiger partial charge is 0.506 e. The Kier molecular flexibility index (Phi) is 4.46. The number of Topliss-reactive ketones (excluding diaryl/α,β-unsaturated/α-hetero) is 1. The summed E-state index contributed by atoms with van der Waals surface area (Å²) in [5.41, 5.74) is 0.700. The fourth-order valence-electron chi connectivity index (χ4n) is 2.88. The van der Waals surface area contributed by atoms with Crippen LogP contribution in [0.5, 0.6) is 5.75 Å². The van der Waals surface area contributed by atoms with Crippen LogP contribution < -0.4 is 4.90 Å². The lowest BCUT2D eigenvalue weighted by Crippen LogP contribution is -2.31. The van der Waals surface area contributed by atoms with E-state index in [1.165, 1.54) is 35.5 Å². The lowest BCUT2D eigenvalue weighted by Gasteiger charge is -2.27. The van der Waals surface area contributed by atoms with E-state index in [1.807, 2.05) is 0 Å². The highest BCUT2D eigenvalue weighted by Gasteiger charge is 2.44. The van der Waals surface area contributed by atoms with Gasteiger partial charge in [-0.05, 0) is 35.9 Å². The van der Waals surface area contributed by atoms with E-state index in [4.69, 9.17) is 11.6 Å². The number of aromatic nitrogens is 1. The average Bonchev–Trinajstić information content (AvgIpc) is 2.88. The molecule has 0 saturated carbocycles. The maximum atomic E-state index is 12.7. The van der Waals surface area contributed by atoms with Gasteiger partial charge in [0.1, 0.15) is 5.75 Å². The van der Waals surface area contributed by atoms with Crippen molar-refractivity contribution in [2.75, 3.05) is 4.90 Å². The molecule has 0 fully saturated rings. The Morgan fingerprint density at radius 2 is 1.92 bits per heavy atom. The number of hydrogen-bond donors (Lipinski definition) is 2. The van der Waals surface area contributed by atoms with Crippen molar-refractivity contribution in [1.29, 1.82) is 0 Å². The predicted octanol–water partition coefficient (Wildman–Crippen LogP) is 3.32. The van der Waals surface area contributed by atoms with Crippen molar-refractivity contribution in [2.24, 2.45) is 0 Å². The van der Waals surface area contributed by atoms with Crippen LogP contribution in [-0.2, 0) is 9.59 Å². The molecule has 3 rings (SSSR count). The number of ketones is 1. The van der Waals surface area contributed by atoms with E-state index in [2.05, 4.69) is 4.98 Å². The summed E-state index contributed by atoms with van der Waals surface area (Å²) in [5, 5.41) is 20.8. The Balaban J connectivity index is 2.22. The van der Waals surface area contributed by atoms with Gasteiger partial charge >= 0.3 is 0 Å². The summed E-state index contributed by atoms with van der Waals surface area (Å²) in [6.45, 7) is 1.65. The van der Waals surface area contributed by atoms with Crippen molar-refractivity contribution in [1.82, 2.24) is 4.98 Å². The Labute approximate surface area is 149 Å². The number of benzene rings is 1. The minimum absolute atomic E-state index is 0.00178. The number of rotatable bonds is 4. The standard InChI is InChI=1S/C18H15ClN2O4/c1-2-13(22)15-16(10-5-7-20-8-6-10)21(18(25)17(15)24)12-9-11(19)3-4-14(12)23/h3-9,16,23-24H,2H2,1H3. The van der Waals surface area contributed by atoms with Gasteiger partial charge in [-0.1, -0.05) is 18.5 Å². The highest BCUT2D eigenvalue weighted by molar-refractivity contribution is 6.31. The third-order valence-corrected chi connectivity index (χ3v) is 4.28. The van der Waals surface area contributed by atoms with Crippen LogP contribution >= 0.6 is 11.6 Å². The molecule has 2 heterocycles. The van der Waals surface area contributed by atoms with E-state index in [9.17, 15) is 19.8 Å². The van der Waals surface area contributed by atoms with E-state index in [-0.39, 0.29) is 29.2 Å². The number of anilines is 1. The first-order valence-electron chi connectivity index (χ1n) is 7.64. The number of pyridine rings is 1. The van der Waals surface area contributed by atoms with Gasteiger partial charge in [0.2, 0.25) is 0 Å². The number of aliphatic hydroxyl groups excluding tert-OH is 1. The number of carbonyl (C=O) groups is 2. The molecule has 128 valence electrons. The minimum Gasteiger partial charge on any atom is -0.506 e. The van der Waals surface area contributed by atoms with Gasteiger partial charge in [0.25, 0.3) is 5.91 Å².